The van der Waals surface area contributed by atoms with Crippen molar-refractivity contribution in [1.29, 1.82) is 0 Å². The van der Waals surface area contributed by atoms with Crippen LogP contribution in [0.25, 0.3) is 0 Å². The molecule has 1 N–H and O–H groups in total. The molecule has 3 rings (SSSR count). The lowest BCUT2D eigenvalue weighted by atomic mass is 10.0. The van der Waals surface area contributed by atoms with Crippen molar-refractivity contribution in [2.45, 2.75) is 45.3 Å². The van der Waals surface area contributed by atoms with Crippen LogP contribution < -0.4 is 9.62 Å². The fourth-order valence-electron chi connectivity index (χ4n) is 4.05. The van der Waals surface area contributed by atoms with Gasteiger partial charge in [-0.05, 0) is 83.5 Å². The summed E-state index contributed by atoms with van der Waals surface area (Å²) in [5.41, 5.74) is 1.98. The van der Waals surface area contributed by atoms with Gasteiger partial charge in [0.25, 0.3) is 0 Å². The molecule has 0 aliphatic heterocycles. The molecule has 0 saturated carbocycles. The molecule has 0 bridgehead atoms. The number of benzene rings is 3. The summed E-state index contributed by atoms with van der Waals surface area (Å²) in [5, 5.41) is 3.51. The van der Waals surface area contributed by atoms with E-state index in [2.05, 4.69) is 27.9 Å². The Kier molecular flexibility index (Phi) is 11.2. The molecule has 0 aromatic heterocycles. The Bertz CT molecular complexity index is 1370. The Morgan fingerprint density at radius 1 is 0.974 bits per heavy atom. The van der Waals surface area contributed by atoms with Gasteiger partial charge in [-0.2, -0.15) is 0 Å². The highest BCUT2D eigenvalue weighted by Crippen LogP contribution is 2.22. The lowest BCUT2D eigenvalue weighted by molar-refractivity contribution is -0.140. The van der Waals surface area contributed by atoms with Gasteiger partial charge in [0.15, 0.2) is 0 Å². The number of nitrogens with one attached hydrogen (secondary N) is 1. The molecule has 3 aromatic rings. The summed E-state index contributed by atoms with van der Waals surface area (Å²) in [5.74, 6) is -0.803. The van der Waals surface area contributed by atoms with Crippen LogP contribution in [0.3, 0.4) is 0 Å². The Balaban J connectivity index is 2.05. The maximum absolute atomic E-state index is 14.0. The third-order valence-electron chi connectivity index (χ3n) is 6.31. The number of hydrogen-bond acceptors (Lipinski definition) is 4. The molecule has 39 heavy (non-hydrogen) atoms. The van der Waals surface area contributed by atoms with Crippen LogP contribution in [0, 0.1) is 3.57 Å². The molecule has 0 aliphatic rings. The van der Waals surface area contributed by atoms with E-state index in [-0.39, 0.29) is 24.9 Å². The monoisotopic (exact) mass is 681 g/mol. The Morgan fingerprint density at radius 3 is 2.21 bits per heavy atom. The predicted molar refractivity (Wildman–Crippen MR) is 165 cm³/mol. The summed E-state index contributed by atoms with van der Waals surface area (Å²) >= 11 is 8.37. The van der Waals surface area contributed by atoms with Gasteiger partial charge in [-0.1, -0.05) is 61.0 Å². The average Bonchev–Trinajstić information content (AvgIpc) is 2.89. The van der Waals surface area contributed by atoms with Gasteiger partial charge in [-0.25, -0.2) is 8.42 Å². The summed E-state index contributed by atoms with van der Waals surface area (Å²) < 4.78 is 27.6. The second-order valence-corrected chi connectivity index (χ2v) is 13.0. The molecule has 0 heterocycles. The van der Waals surface area contributed by atoms with Gasteiger partial charge in [0.1, 0.15) is 12.6 Å². The molecule has 2 amide bonds. The second-order valence-electron chi connectivity index (χ2n) is 9.42. The van der Waals surface area contributed by atoms with E-state index < -0.39 is 28.5 Å². The van der Waals surface area contributed by atoms with E-state index in [9.17, 15) is 18.0 Å². The summed E-state index contributed by atoms with van der Waals surface area (Å²) in [6.45, 7) is 3.50. The molecule has 10 heteroatoms. The number of carbonyl (C=O) groups is 2. The van der Waals surface area contributed by atoms with E-state index in [0.717, 1.165) is 31.7 Å². The average molecular weight is 682 g/mol. The normalized spacial score (nSPS) is 12.8. The number of sulfonamides is 1. The highest BCUT2D eigenvalue weighted by atomic mass is 127. The van der Waals surface area contributed by atoms with Crippen LogP contribution in [-0.2, 0) is 32.6 Å². The maximum atomic E-state index is 14.0. The lowest BCUT2D eigenvalue weighted by Crippen LogP contribution is -2.54. The van der Waals surface area contributed by atoms with Crippen molar-refractivity contribution in [3.8, 4) is 0 Å². The number of rotatable bonds is 12. The molecule has 2 atom stereocenters. The maximum Gasteiger partial charge on any atom is 0.244 e. The molecule has 0 aliphatic carbocycles. The van der Waals surface area contributed by atoms with Crippen molar-refractivity contribution in [2.24, 2.45) is 0 Å². The first-order valence-electron chi connectivity index (χ1n) is 12.6. The lowest BCUT2D eigenvalue weighted by Gasteiger charge is -2.34. The zero-order chi connectivity index (χ0) is 28.6. The third-order valence-corrected chi connectivity index (χ3v) is 8.40. The highest BCUT2D eigenvalue weighted by molar-refractivity contribution is 14.1. The van der Waals surface area contributed by atoms with E-state index >= 15 is 0 Å². The number of nitrogens with zero attached hydrogens (tertiary/aromatic N) is 2. The third kappa shape index (κ3) is 9.22. The fourth-order valence-corrected chi connectivity index (χ4v) is 5.47. The standard InChI is InChI=1S/C29H33ClIN3O4S/c1-4-21(2)32-29(36)27(18-22-9-6-5-7-10-22)33(19-23-11-8-12-24(30)17-23)28(35)20-34(39(3,37)38)26-15-13-25(31)14-16-26/h5-17,21,27H,4,18-20H2,1-3H3,(H,32,36)/t21-,27+/m1/s1. The van der Waals surface area contributed by atoms with Crippen LogP contribution >= 0.6 is 34.2 Å². The second kappa shape index (κ2) is 14.1. The Hall–Kier alpha value is -2.63. The van der Waals surface area contributed by atoms with Crippen LogP contribution in [0.2, 0.25) is 5.02 Å². The van der Waals surface area contributed by atoms with Gasteiger partial charge in [-0.3, -0.25) is 13.9 Å². The molecule has 3 aromatic carbocycles. The van der Waals surface area contributed by atoms with Crippen molar-refractivity contribution < 1.29 is 18.0 Å². The van der Waals surface area contributed by atoms with Crippen LogP contribution in [0.15, 0.2) is 78.9 Å². The van der Waals surface area contributed by atoms with E-state index in [1.807, 2.05) is 50.2 Å². The summed E-state index contributed by atoms with van der Waals surface area (Å²) in [7, 11) is -3.81. The summed E-state index contributed by atoms with van der Waals surface area (Å²) in [6.07, 6.45) is 2.05. The van der Waals surface area contributed by atoms with Crippen LogP contribution in [0.1, 0.15) is 31.4 Å². The number of halogens is 2. The quantitative estimate of drug-likeness (QED) is 0.264. The van der Waals surface area contributed by atoms with Gasteiger partial charge >= 0.3 is 0 Å². The molecule has 7 nitrogen and oxygen atoms in total. The van der Waals surface area contributed by atoms with Crippen molar-refractivity contribution in [3.63, 3.8) is 0 Å². The number of hydrogen-bond donors (Lipinski definition) is 1. The van der Waals surface area contributed by atoms with Gasteiger partial charge in [0.2, 0.25) is 21.8 Å². The van der Waals surface area contributed by atoms with Crippen molar-refractivity contribution in [1.82, 2.24) is 10.2 Å². The van der Waals surface area contributed by atoms with Crippen LogP contribution in [-0.4, -0.2) is 50.0 Å². The first-order chi connectivity index (χ1) is 18.5. The number of anilines is 1. The zero-order valence-corrected chi connectivity index (χ0v) is 25.9. The first-order valence-corrected chi connectivity index (χ1v) is 15.9. The minimum atomic E-state index is -3.81. The highest BCUT2D eigenvalue weighted by Gasteiger charge is 2.33. The van der Waals surface area contributed by atoms with Crippen LogP contribution in [0.5, 0.6) is 0 Å². The SMILES string of the molecule is CC[C@@H](C)NC(=O)[C@H](Cc1ccccc1)N(Cc1cccc(Cl)c1)C(=O)CN(c1ccc(I)cc1)S(C)(=O)=O. The molecular weight excluding hydrogens is 649 g/mol. The van der Waals surface area contributed by atoms with E-state index in [0.29, 0.717) is 10.7 Å². The fraction of sp³-hybridized carbons (Fsp3) is 0.310. The van der Waals surface area contributed by atoms with Gasteiger partial charge in [-0.15, -0.1) is 0 Å². The molecule has 0 fully saturated rings. The molecule has 0 radical (unpaired) electrons. The largest absolute Gasteiger partial charge is 0.352 e. The molecule has 208 valence electrons. The van der Waals surface area contributed by atoms with Gasteiger partial charge in [0.05, 0.1) is 11.9 Å². The summed E-state index contributed by atoms with van der Waals surface area (Å²) in [6, 6.07) is 22.4. The predicted octanol–water partition coefficient (Wildman–Crippen LogP) is 5.27. The summed E-state index contributed by atoms with van der Waals surface area (Å²) in [4.78, 5) is 29.1. The molecule has 0 saturated heterocycles. The van der Waals surface area contributed by atoms with E-state index in [1.165, 1.54) is 4.90 Å². The van der Waals surface area contributed by atoms with Crippen molar-refractivity contribution in [3.05, 3.63) is 98.6 Å². The molecule has 0 unspecified atom stereocenters. The van der Waals surface area contributed by atoms with Crippen LogP contribution in [0.4, 0.5) is 5.69 Å². The smallest absolute Gasteiger partial charge is 0.244 e. The van der Waals surface area contributed by atoms with Crippen molar-refractivity contribution >= 4 is 61.7 Å². The molecular formula is C29H33ClIN3O4S. The Morgan fingerprint density at radius 2 is 1.62 bits per heavy atom. The number of carbonyl (C=O) groups excluding carboxylic acids is 2. The number of amides is 2. The zero-order valence-electron chi connectivity index (χ0n) is 22.2. The van der Waals surface area contributed by atoms with Gasteiger partial charge < -0.3 is 10.2 Å². The van der Waals surface area contributed by atoms with E-state index in [4.69, 9.17) is 11.6 Å². The Labute approximate surface area is 249 Å². The molecule has 0 spiro atoms. The van der Waals surface area contributed by atoms with E-state index in [1.54, 1.807) is 42.5 Å². The first kappa shape index (κ1) is 30.9. The van der Waals surface area contributed by atoms with Gasteiger partial charge in [0, 0.05) is 27.6 Å². The topological polar surface area (TPSA) is 86.8 Å². The van der Waals surface area contributed by atoms with Crippen molar-refractivity contribution in [2.75, 3.05) is 17.1 Å². The minimum absolute atomic E-state index is 0.0785. The minimum Gasteiger partial charge on any atom is -0.352 e.